The molecule has 15 heavy (non-hydrogen) atoms. The van der Waals surface area contributed by atoms with E-state index in [4.69, 9.17) is 0 Å². The lowest BCUT2D eigenvalue weighted by Gasteiger charge is -2.10. The quantitative estimate of drug-likeness (QED) is 0.369. The van der Waals surface area contributed by atoms with Crippen molar-refractivity contribution in [2.24, 2.45) is 0 Å². The van der Waals surface area contributed by atoms with Crippen molar-refractivity contribution in [1.82, 2.24) is 0 Å². The molecule has 0 N–H and O–H groups in total. The minimum atomic E-state index is -0.585. The third-order valence-corrected chi connectivity index (χ3v) is 2.14. The Kier molecular flexibility index (Phi) is 7.68. The predicted molar refractivity (Wildman–Crippen MR) is 56.0 cm³/mol. The molecule has 0 atom stereocenters. The minimum absolute atomic E-state index is 0.108. The van der Waals surface area contributed by atoms with Crippen molar-refractivity contribution < 1.29 is 19.1 Å². The van der Waals surface area contributed by atoms with Crippen LogP contribution in [-0.4, -0.2) is 26.2 Å². The number of hydrogen-bond acceptors (Lipinski definition) is 4. The van der Waals surface area contributed by atoms with Gasteiger partial charge in [0.05, 0.1) is 14.2 Å². The molecule has 4 heteroatoms. The first-order chi connectivity index (χ1) is 7.17. The van der Waals surface area contributed by atoms with Crippen LogP contribution in [0, 0.1) is 5.92 Å². The number of hydrogen-bond donors (Lipinski definition) is 0. The standard InChI is InChI=1S/C11H19O4/c1-4-5-6-7-8-9(10(12)14-2)11(13)15-3/h4-8H2,1-3H3. The second kappa shape index (κ2) is 8.26. The predicted octanol–water partition coefficient (Wildman–Crippen LogP) is 1.88. The summed E-state index contributed by atoms with van der Waals surface area (Å²) in [5, 5.41) is 0. The van der Waals surface area contributed by atoms with Crippen molar-refractivity contribution in [3.63, 3.8) is 0 Å². The number of carbonyl (C=O) groups is 2. The fourth-order valence-electron chi connectivity index (χ4n) is 1.26. The molecule has 0 spiro atoms. The average molecular weight is 215 g/mol. The number of carbonyl (C=O) groups excluding carboxylic acids is 2. The highest BCUT2D eigenvalue weighted by Gasteiger charge is 2.29. The van der Waals surface area contributed by atoms with Gasteiger partial charge in [0.1, 0.15) is 0 Å². The minimum Gasteiger partial charge on any atom is -0.468 e. The van der Waals surface area contributed by atoms with Gasteiger partial charge in [0.15, 0.2) is 5.92 Å². The smallest absolute Gasteiger partial charge is 0.325 e. The van der Waals surface area contributed by atoms with E-state index in [-0.39, 0.29) is 5.92 Å². The van der Waals surface area contributed by atoms with Gasteiger partial charge in [0, 0.05) is 0 Å². The van der Waals surface area contributed by atoms with Crippen LogP contribution in [0.5, 0.6) is 0 Å². The molecule has 0 rings (SSSR count). The van der Waals surface area contributed by atoms with E-state index in [9.17, 15) is 9.59 Å². The van der Waals surface area contributed by atoms with E-state index in [2.05, 4.69) is 16.4 Å². The number of esters is 2. The van der Waals surface area contributed by atoms with Crippen LogP contribution in [0.4, 0.5) is 0 Å². The molecule has 0 unspecified atom stereocenters. The summed E-state index contributed by atoms with van der Waals surface area (Å²) in [5.74, 6) is -1.06. The lowest BCUT2D eigenvalue weighted by Crippen LogP contribution is -2.24. The Hall–Kier alpha value is -1.06. The van der Waals surface area contributed by atoms with E-state index in [0.29, 0.717) is 6.42 Å². The van der Waals surface area contributed by atoms with Crippen LogP contribution in [-0.2, 0) is 19.1 Å². The molecule has 0 fully saturated rings. The zero-order chi connectivity index (χ0) is 11.7. The van der Waals surface area contributed by atoms with Gasteiger partial charge in [-0.15, -0.1) is 0 Å². The maximum Gasteiger partial charge on any atom is 0.325 e. The first-order valence-electron chi connectivity index (χ1n) is 5.19. The Morgan fingerprint density at radius 1 is 0.933 bits per heavy atom. The Bertz CT molecular complexity index is 185. The van der Waals surface area contributed by atoms with Gasteiger partial charge in [-0.3, -0.25) is 9.59 Å². The van der Waals surface area contributed by atoms with Crippen molar-refractivity contribution in [3.8, 4) is 0 Å². The zero-order valence-electron chi connectivity index (χ0n) is 9.67. The van der Waals surface area contributed by atoms with Crippen LogP contribution < -0.4 is 0 Å². The van der Waals surface area contributed by atoms with Crippen LogP contribution in [0.15, 0.2) is 0 Å². The van der Waals surface area contributed by atoms with Gasteiger partial charge in [-0.1, -0.05) is 32.6 Å². The summed E-state index contributed by atoms with van der Waals surface area (Å²) in [6, 6.07) is 0. The number of unbranched alkanes of at least 4 members (excludes halogenated alkanes) is 3. The first-order valence-corrected chi connectivity index (χ1v) is 5.19. The van der Waals surface area contributed by atoms with E-state index in [0.717, 1.165) is 25.7 Å². The van der Waals surface area contributed by atoms with Crippen molar-refractivity contribution in [2.45, 2.75) is 39.0 Å². The molecule has 0 saturated heterocycles. The SMILES string of the molecule is CCCCCC[C](C(=O)OC)C(=O)OC. The largest absolute Gasteiger partial charge is 0.468 e. The van der Waals surface area contributed by atoms with E-state index < -0.39 is 11.9 Å². The molecule has 0 amide bonds. The molecule has 0 saturated carbocycles. The van der Waals surface area contributed by atoms with Crippen LogP contribution in [0.2, 0.25) is 0 Å². The lowest BCUT2D eigenvalue weighted by molar-refractivity contribution is -0.148. The summed E-state index contributed by atoms with van der Waals surface area (Å²) in [7, 11) is 2.52. The highest BCUT2D eigenvalue weighted by atomic mass is 16.5. The van der Waals surface area contributed by atoms with Crippen molar-refractivity contribution in [2.75, 3.05) is 14.2 Å². The molecule has 0 aliphatic rings. The number of rotatable bonds is 7. The molecule has 0 aliphatic heterocycles. The Labute approximate surface area is 90.9 Å². The van der Waals surface area contributed by atoms with Gasteiger partial charge in [0.25, 0.3) is 0 Å². The number of ether oxygens (including phenoxy) is 2. The summed E-state index contributed by atoms with van der Waals surface area (Å²) in [4.78, 5) is 22.4. The molecule has 0 aromatic carbocycles. The normalized spacial score (nSPS) is 10.1. The third-order valence-electron chi connectivity index (χ3n) is 2.14. The molecule has 1 radical (unpaired) electrons. The van der Waals surface area contributed by atoms with Gasteiger partial charge in [-0.25, -0.2) is 0 Å². The monoisotopic (exact) mass is 215 g/mol. The van der Waals surface area contributed by atoms with Crippen LogP contribution in [0.25, 0.3) is 0 Å². The van der Waals surface area contributed by atoms with Crippen LogP contribution in [0.3, 0.4) is 0 Å². The highest BCUT2D eigenvalue weighted by molar-refractivity contribution is 6.09. The van der Waals surface area contributed by atoms with E-state index in [1.807, 2.05) is 0 Å². The van der Waals surface area contributed by atoms with Crippen molar-refractivity contribution in [1.29, 1.82) is 0 Å². The second-order valence-corrected chi connectivity index (χ2v) is 3.27. The molecular weight excluding hydrogens is 196 g/mol. The third kappa shape index (κ3) is 5.40. The van der Waals surface area contributed by atoms with Crippen LogP contribution >= 0.6 is 0 Å². The molecule has 4 nitrogen and oxygen atoms in total. The maximum absolute atomic E-state index is 11.2. The van der Waals surface area contributed by atoms with Crippen molar-refractivity contribution >= 4 is 11.9 Å². The van der Waals surface area contributed by atoms with Gasteiger partial charge < -0.3 is 9.47 Å². The Balaban J connectivity index is 4.02. The summed E-state index contributed by atoms with van der Waals surface area (Å²) >= 11 is 0. The van der Waals surface area contributed by atoms with E-state index >= 15 is 0 Å². The van der Waals surface area contributed by atoms with Gasteiger partial charge in [0.2, 0.25) is 0 Å². The first kappa shape index (κ1) is 13.9. The average Bonchev–Trinajstić information content (AvgIpc) is 2.27. The molecule has 0 bridgehead atoms. The highest BCUT2D eigenvalue weighted by Crippen LogP contribution is 2.15. The summed E-state index contributed by atoms with van der Waals surface area (Å²) in [5.41, 5.74) is 0. The fraction of sp³-hybridized carbons (Fsp3) is 0.727. The molecule has 0 heterocycles. The maximum atomic E-state index is 11.2. The Morgan fingerprint density at radius 2 is 1.47 bits per heavy atom. The molecule has 0 aromatic heterocycles. The Morgan fingerprint density at radius 3 is 1.87 bits per heavy atom. The van der Waals surface area contributed by atoms with Gasteiger partial charge in [-0.05, 0) is 6.42 Å². The molecule has 0 aliphatic carbocycles. The van der Waals surface area contributed by atoms with Crippen molar-refractivity contribution in [3.05, 3.63) is 5.92 Å². The lowest BCUT2D eigenvalue weighted by atomic mass is 10.0. The van der Waals surface area contributed by atoms with Crippen LogP contribution in [0.1, 0.15) is 39.0 Å². The molecular formula is C11H19O4. The molecule has 0 aromatic rings. The zero-order valence-corrected chi connectivity index (χ0v) is 9.67. The summed E-state index contributed by atoms with van der Waals surface area (Å²) < 4.78 is 9.03. The topological polar surface area (TPSA) is 52.6 Å². The summed E-state index contributed by atoms with van der Waals surface area (Å²) in [6.45, 7) is 2.10. The molecule has 87 valence electrons. The summed E-state index contributed by atoms with van der Waals surface area (Å²) in [6.07, 6.45) is 4.47. The van der Waals surface area contributed by atoms with Gasteiger partial charge >= 0.3 is 11.9 Å². The van der Waals surface area contributed by atoms with E-state index in [1.165, 1.54) is 14.2 Å². The van der Waals surface area contributed by atoms with E-state index in [1.54, 1.807) is 0 Å². The second-order valence-electron chi connectivity index (χ2n) is 3.27. The fourth-order valence-corrected chi connectivity index (χ4v) is 1.26. The van der Waals surface area contributed by atoms with Gasteiger partial charge in [-0.2, -0.15) is 0 Å². The number of methoxy groups -OCH3 is 2.